The predicted octanol–water partition coefficient (Wildman–Crippen LogP) is 3.10. The number of aromatic nitrogens is 4. The van der Waals surface area contributed by atoms with Crippen LogP contribution in [0.5, 0.6) is 0 Å². The van der Waals surface area contributed by atoms with Crippen LogP contribution in [0.1, 0.15) is 5.82 Å². The number of anilines is 1. The van der Waals surface area contributed by atoms with Crippen molar-refractivity contribution in [3.05, 3.63) is 65.2 Å². The summed E-state index contributed by atoms with van der Waals surface area (Å²) in [6.45, 7) is 0. The first-order valence-electron chi connectivity index (χ1n) is 6.79. The minimum Gasteiger partial charge on any atom is -0.279 e. The van der Waals surface area contributed by atoms with Gasteiger partial charge in [-0.05, 0) is 59.0 Å². The molecule has 0 bridgehead atoms. The molecule has 0 spiro atoms. The quantitative estimate of drug-likeness (QED) is 0.576. The first-order valence-corrected chi connectivity index (χ1v) is 7.16. The summed E-state index contributed by atoms with van der Waals surface area (Å²) >= 11 is 5.87. The van der Waals surface area contributed by atoms with Gasteiger partial charge in [-0.1, -0.05) is 11.6 Å². The molecule has 1 N–H and O–H groups in total. The molecule has 6 nitrogen and oxygen atoms in total. The van der Waals surface area contributed by atoms with Crippen LogP contribution < -0.4 is 5.43 Å². The van der Waals surface area contributed by atoms with E-state index in [1.54, 1.807) is 35.2 Å². The molecule has 0 atom stereocenters. The third-order valence-corrected chi connectivity index (χ3v) is 3.26. The molecule has 3 aromatic rings. The molecule has 0 fully saturated rings. The van der Waals surface area contributed by atoms with E-state index in [2.05, 4.69) is 26.1 Å². The number of tetrazole rings is 1. The van der Waals surface area contributed by atoms with Gasteiger partial charge in [-0.3, -0.25) is 5.43 Å². The fraction of sp³-hybridized carbons (Fsp3) is 0.0667. The van der Waals surface area contributed by atoms with Crippen LogP contribution in [0, 0.1) is 5.82 Å². The number of nitrogens with one attached hydrogen (secondary N) is 1. The van der Waals surface area contributed by atoms with Crippen LogP contribution in [0.3, 0.4) is 0 Å². The van der Waals surface area contributed by atoms with Crippen molar-refractivity contribution in [3.63, 3.8) is 0 Å². The second-order valence-corrected chi connectivity index (χ2v) is 5.05. The molecule has 23 heavy (non-hydrogen) atoms. The van der Waals surface area contributed by atoms with Gasteiger partial charge >= 0.3 is 0 Å². The highest BCUT2D eigenvalue weighted by molar-refractivity contribution is 6.30. The number of nitrogens with zero attached hydrogens (tertiary/aromatic N) is 5. The minimum atomic E-state index is -0.290. The zero-order valence-corrected chi connectivity index (χ0v) is 12.7. The van der Waals surface area contributed by atoms with Gasteiger partial charge in [0.1, 0.15) is 5.82 Å². The Kier molecular flexibility index (Phi) is 4.58. The molecule has 0 aliphatic carbocycles. The smallest absolute Gasteiger partial charge is 0.162 e. The van der Waals surface area contributed by atoms with Crippen molar-refractivity contribution in [1.82, 2.24) is 20.2 Å². The SMILES string of the molecule is Fc1ccc(NN=CCc2nnnn2-c2ccc(Cl)cc2)cc1. The van der Waals surface area contributed by atoms with Crippen molar-refractivity contribution in [3.8, 4) is 5.69 Å². The summed E-state index contributed by atoms with van der Waals surface area (Å²) in [5, 5.41) is 16.3. The molecule has 2 aromatic carbocycles. The molecule has 0 amide bonds. The summed E-state index contributed by atoms with van der Waals surface area (Å²) in [4.78, 5) is 0. The largest absolute Gasteiger partial charge is 0.279 e. The summed E-state index contributed by atoms with van der Waals surface area (Å²) in [6, 6.07) is 13.1. The highest BCUT2D eigenvalue weighted by Crippen LogP contribution is 2.13. The first kappa shape index (κ1) is 15.1. The van der Waals surface area contributed by atoms with Gasteiger partial charge in [-0.25, -0.2) is 4.39 Å². The van der Waals surface area contributed by atoms with Gasteiger partial charge in [0.15, 0.2) is 5.82 Å². The van der Waals surface area contributed by atoms with E-state index in [0.29, 0.717) is 23.0 Å². The fourth-order valence-electron chi connectivity index (χ4n) is 1.89. The van der Waals surface area contributed by atoms with E-state index in [0.717, 1.165) is 5.69 Å². The Balaban J connectivity index is 1.65. The standard InChI is InChI=1S/C15H12ClFN6/c16-11-1-7-14(8-2-11)23-15(20-21-22-23)9-10-18-19-13-5-3-12(17)4-6-13/h1-8,10,19H,9H2. The van der Waals surface area contributed by atoms with Crippen LogP contribution in [0.2, 0.25) is 5.02 Å². The van der Waals surface area contributed by atoms with Crippen LogP contribution in [0.4, 0.5) is 10.1 Å². The molecular formula is C15H12ClFN6. The lowest BCUT2D eigenvalue weighted by atomic mass is 10.3. The molecule has 1 aromatic heterocycles. The van der Waals surface area contributed by atoms with Crippen LogP contribution in [-0.4, -0.2) is 26.4 Å². The maximum absolute atomic E-state index is 12.8. The zero-order chi connectivity index (χ0) is 16.1. The van der Waals surface area contributed by atoms with E-state index in [-0.39, 0.29) is 5.82 Å². The van der Waals surface area contributed by atoms with Crippen LogP contribution in [-0.2, 0) is 6.42 Å². The van der Waals surface area contributed by atoms with E-state index in [1.165, 1.54) is 12.1 Å². The van der Waals surface area contributed by atoms with E-state index >= 15 is 0 Å². The van der Waals surface area contributed by atoms with Gasteiger partial charge in [-0.15, -0.1) is 5.10 Å². The number of hydrazone groups is 1. The van der Waals surface area contributed by atoms with Gasteiger partial charge < -0.3 is 0 Å². The lowest BCUT2D eigenvalue weighted by Gasteiger charge is -2.03. The van der Waals surface area contributed by atoms with Crippen molar-refractivity contribution >= 4 is 23.5 Å². The molecule has 8 heteroatoms. The second-order valence-electron chi connectivity index (χ2n) is 4.62. The average Bonchev–Trinajstić information content (AvgIpc) is 3.02. The second kappa shape index (κ2) is 6.97. The molecular weight excluding hydrogens is 319 g/mol. The van der Waals surface area contributed by atoms with Crippen molar-refractivity contribution < 1.29 is 4.39 Å². The van der Waals surface area contributed by atoms with Crippen molar-refractivity contribution in [2.24, 2.45) is 5.10 Å². The lowest BCUT2D eigenvalue weighted by molar-refractivity contribution is 0.628. The molecule has 0 radical (unpaired) electrons. The monoisotopic (exact) mass is 330 g/mol. The van der Waals surface area contributed by atoms with Crippen LogP contribution in [0.25, 0.3) is 5.69 Å². The Morgan fingerprint density at radius 2 is 1.87 bits per heavy atom. The Morgan fingerprint density at radius 3 is 2.61 bits per heavy atom. The van der Waals surface area contributed by atoms with Gasteiger partial charge in [0.25, 0.3) is 0 Å². The van der Waals surface area contributed by atoms with Gasteiger partial charge in [0.05, 0.1) is 11.4 Å². The number of hydrogen-bond donors (Lipinski definition) is 1. The van der Waals surface area contributed by atoms with Crippen molar-refractivity contribution in [2.45, 2.75) is 6.42 Å². The highest BCUT2D eigenvalue weighted by Gasteiger charge is 2.06. The van der Waals surface area contributed by atoms with Gasteiger partial charge in [0.2, 0.25) is 0 Å². The average molecular weight is 331 g/mol. The van der Waals surface area contributed by atoms with E-state index in [1.807, 2.05) is 12.1 Å². The molecule has 0 aliphatic heterocycles. The minimum absolute atomic E-state index is 0.290. The maximum atomic E-state index is 12.8. The van der Waals surface area contributed by atoms with E-state index in [4.69, 9.17) is 11.6 Å². The molecule has 3 rings (SSSR count). The topological polar surface area (TPSA) is 68.0 Å². The maximum Gasteiger partial charge on any atom is 0.162 e. The molecule has 0 unspecified atom stereocenters. The first-order chi connectivity index (χ1) is 11.2. The Labute approximate surface area is 136 Å². The third kappa shape index (κ3) is 3.89. The van der Waals surface area contributed by atoms with Gasteiger partial charge in [0, 0.05) is 17.7 Å². The van der Waals surface area contributed by atoms with Crippen LogP contribution >= 0.6 is 11.6 Å². The third-order valence-electron chi connectivity index (χ3n) is 3.01. The summed E-state index contributed by atoms with van der Waals surface area (Å²) in [5.41, 5.74) is 4.32. The Bertz CT molecular complexity index is 798. The number of rotatable bonds is 5. The molecule has 0 saturated heterocycles. The zero-order valence-electron chi connectivity index (χ0n) is 11.9. The van der Waals surface area contributed by atoms with Crippen molar-refractivity contribution in [1.29, 1.82) is 0 Å². The Morgan fingerprint density at radius 1 is 1.13 bits per heavy atom. The summed E-state index contributed by atoms with van der Waals surface area (Å²) in [7, 11) is 0. The number of benzene rings is 2. The highest BCUT2D eigenvalue weighted by atomic mass is 35.5. The molecule has 0 aliphatic rings. The van der Waals surface area contributed by atoms with E-state index < -0.39 is 0 Å². The molecule has 1 heterocycles. The normalized spacial score (nSPS) is 11.0. The van der Waals surface area contributed by atoms with Gasteiger partial charge in [-0.2, -0.15) is 9.78 Å². The summed E-state index contributed by atoms with van der Waals surface area (Å²) < 4.78 is 14.4. The number of halogens is 2. The van der Waals surface area contributed by atoms with Crippen LogP contribution in [0.15, 0.2) is 53.6 Å². The lowest BCUT2D eigenvalue weighted by Crippen LogP contribution is -2.04. The van der Waals surface area contributed by atoms with Crippen molar-refractivity contribution in [2.75, 3.05) is 5.43 Å². The molecule has 116 valence electrons. The summed E-state index contributed by atoms with van der Waals surface area (Å²) in [6.07, 6.45) is 2.07. The summed E-state index contributed by atoms with van der Waals surface area (Å²) in [5.74, 6) is 0.346. The Hall–Kier alpha value is -2.80. The predicted molar refractivity (Wildman–Crippen MR) is 86.4 cm³/mol. The number of hydrogen-bond acceptors (Lipinski definition) is 5. The van der Waals surface area contributed by atoms with E-state index in [9.17, 15) is 4.39 Å². The molecule has 0 saturated carbocycles. The fourth-order valence-corrected chi connectivity index (χ4v) is 2.01.